The Morgan fingerprint density at radius 3 is 2.75 bits per heavy atom. The normalized spacial score (nSPS) is 15.3. The highest BCUT2D eigenvalue weighted by molar-refractivity contribution is 8.18. The zero-order chi connectivity index (χ0) is 19.8. The van der Waals surface area contributed by atoms with Crippen molar-refractivity contribution in [3.8, 4) is 11.1 Å². The summed E-state index contributed by atoms with van der Waals surface area (Å²) in [6, 6.07) is 8.98. The summed E-state index contributed by atoms with van der Waals surface area (Å²) in [5.74, 6) is -0.0957. The maximum Gasteiger partial charge on any atom is 0.290 e. The number of carbonyl (C=O) groups excluding carboxylic acids is 3. The summed E-state index contributed by atoms with van der Waals surface area (Å²) < 4.78 is 5.93. The van der Waals surface area contributed by atoms with Gasteiger partial charge in [0, 0.05) is 49.1 Å². The lowest BCUT2D eigenvalue weighted by atomic mass is 10.0. The molecule has 7 nitrogen and oxygen atoms in total. The van der Waals surface area contributed by atoms with Crippen LogP contribution in [0.5, 0.6) is 0 Å². The first kappa shape index (κ1) is 18.0. The molecule has 3 aromatic rings. The molecular weight excluding hydrogens is 378 g/mol. The quantitative estimate of drug-likeness (QED) is 0.685. The van der Waals surface area contributed by atoms with Gasteiger partial charge >= 0.3 is 0 Å². The minimum Gasteiger partial charge on any atom is -0.456 e. The van der Waals surface area contributed by atoms with Gasteiger partial charge in [0.2, 0.25) is 0 Å². The molecule has 0 unspecified atom stereocenters. The van der Waals surface area contributed by atoms with Crippen LogP contribution in [0.2, 0.25) is 0 Å². The molecule has 3 heterocycles. The lowest BCUT2D eigenvalue weighted by molar-refractivity contribution is -0.115. The molecule has 4 rings (SSSR count). The molecule has 1 fully saturated rings. The van der Waals surface area contributed by atoms with Crippen LogP contribution in [-0.4, -0.2) is 41.0 Å². The van der Waals surface area contributed by atoms with E-state index in [0.717, 1.165) is 28.3 Å². The Balaban J connectivity index is 1.77. The van der Waals surface area contributed by atoms with Crippen molar-refractivity contribution in [2.24, 2.45) is 0 Å². The Hall–Kier alpha value is -3.39. The van der Waals surface area contributed by atoms with Crippen molar-refractivity contribution in [2.75, 3.05) is 14.1 Å². The van der Waals surface area contributed by atoms with Gasteiger partial charge in [0.1, 0.15) is 11.3 Å². The SMILES string of the molecule is CN(C)C(=O)c1cccc(-c2cncc3cc(/C=C4\SC(=O)NC4=O)oc23)c1. The molecule has 0 saturated carbocycles. The second kappa shape index (κ2) is 6.97. The smallest absolute Gasteiger partial charge is 0.290 e. The second-order valence-electron chi connectivity index (χ2n) is 6.39. The Kier molecular flexibility index (Phi) is 4.48. The second-order valence-corrected chi connectivity index (χ2v) is 7.40. The number of pyridine rings is 1. The van der Waals surface area contributed by atoms with Crippen LogP contribution in [0.25, 0.3) is 28.2 Å². The molecule has 2 aromatic heterocycles. The Morgan fingerprint density at radius 2 is 2.04 bits per heavy atom. The van der Waals surface area contributed by atoms with Crippen LogP contribution in [-0.2, 0) is 4.79 Å². The van der Waals surface area contributed by atoms with Crippen LogP contribution in [0.4, 0.5) is 4.79 Å². The van der Waals surface area contributed by atoms with Crippen LogP contribution < -0.4 is 5.32 Å². The zero-order valence-corrected chi connectivity index (χ0v) is 15.9. The fraction of sp³-hybridized carbons (Fsp3) is 0.100. The molecule has 140 valence electrons. The predicted molar refractivity (Wildman–Crippen MR) is 107 cm³/mol. The maximum absolute atomic E-state index is 12.3. The monoisotopic (exact) mass is 393 g/mol. The van der Waals surface area contributed by atoms with Crippen molar-refractivity contribution >= 4 is 45.9 Å². The van der Waals surface area contributed by atoms with Crippen molar-refractivity contribution in [1.82, 2.24) is 15.2 Å². The van der Waals surface area contributed by atoms with Crippen LogP contribution >= 0.6 is 11.8 Å². The third kappa shape index (κ3) is 3.29. The molecule has 0 spiro atoms. The number of amides is 3. The summed E-state index contributed by atoms with van der Waals surface area (Å²) in [4.78, 5) is 41.4. The third-order valence-corrected chi connectivity index (χ3v) is 4.99. The van der Waals surface area contributed by atoms with Gasteiger partial charge in [-0.2, -0.15) is 0 Å². The summed E-state index contributed by atoms with van der Waals surface area (Å²) in [5.41, 5.74) is 2.68. The molecule has 1 aliphatic rings. The van der Waals surface area contributed by atoms with Gasteiger partial charge in [0.05, 0.1) is 4.91 Å². The molecule has 1 saturated heterocycles. The van der Waals surface area contributed by atoms with E-state index in [1.54, 1.807) is 44.7 Å². The van der Waals surface area contributed by atoms with Crippen LogP contribution in [0.1, 0.15) is 16.1 Å². The average Bonchev–Trinajstić information content (AvgIpc) is 3.22. The van der Waals surface area contributed by atoms with Crippen LogP contribution in [0.3, 0.4) is 0 Å². The van der Waals surface area contributed by atoms with Crippen LogP contribution in [0.15, 0.2) is 52.0 Å². The molecule has 8 heteroatoms. The summed E-state index contributed by atoms with van der Waals surface area (Å²) in [6.07, 6.45) is 4.86. The molecule has 0 bridgehead atoms. The zero-order valence-electron chi connectivity index (χ0n) is 15.1. The first-order chi connectivity index (χ1) is 13.4. The predicted octanol–water partition coefficient (Wildman–Crippen LogP) is 3.52. The molecule has 0 atom stereocenters. The number of nitrogens with one attached hydrogen (secondary N) is 1. The molecule has 1 aliphatic heterocycles. The van der Waals surface area contributed by atoms with Gasteiger partial charge in [-0.3, -0.25) is 24.7 Å². The van der Waals surface area contributed by atoms with Gasteiger partial charge in [0.15, 0.2) is 0 Å². The van der Waals surface area contributed by atoms with Gasteiger partial charge in [-0.05, 0) is 35.5 Å². The number of rotatable bonds is 3. The molecule has 0 aliphatic carbocycles. The molecule has 1 aromatic carbocycles. The first-order valence-corrected chi connectivity index (χ1v) is 9.18. The topological polar surface area (TPSA) is 92.5 Å². The third-order valence-electron chi connectivity index (χ3n) is 4.18. The number of carbonyl (C=O) groups is 3. The van der Waals surface area contributed by atoms with Gasteiger partial charge < -0.3 is 9.32 Å². The highest BCUT2D eigenvalue weighted by atomic mass is 32.2. The molecule has 3 amide bonds. The van der Waals surface area contributed by atoms with Crippen molar-refractivity contribution in [1.29, 1.82) is 0 Å². The summed E-state index contributed by atoms with van der Waals surface area (Å²) in [7, 11) is 3.40. The number of benzene rings is 1. The van der Waals surface area contributed by atoms with Gasteiger partial charge in [0.25, 0.3) is 17.1 Å². The van der Waals surface area contributed by atoms with E-state index in [9.17, 15) is 14.4 Å². The fourth-order valence-electron chi connectivity index (χ4n) is 2.89. The molecule has 28 heavy (non-hydrogen) atoms. The van der Waals surface area contributed by atoms with Gasteiger partial charge in [-0.1, -0.05) is 12.1 Å². The van der Waals surface area contributed by atoms with E-state index in [0.29, 0.717) is 16.9 Å². The van der Waals surface area contributed by atoms with Crippen LogP contribution in [0, 0.1) is 0 Å². The number of aromatic nitrogens is 1. The number of furan rings is 1. The van der Waals surface area contributed by atoms with E-state index in [1.165, 1.54) is 11.0 Å². The number of fused-ring (bicyclic) bond motifs is 1. The molecule has 0 radical (unpaired) electrons. The molecule has 1 N–H and O–H groups in total. The number of nitrogens with zero attached hydrogens (tertiary/aromatic N) is 2. The van der Waals surface area contributed by atoms with Crippen molar-refractivity contribution < 1.29 is 18.8 Å². The number of thioether (sulfide) groups is 1. The average molecular weight is 393 g/mol. The largest absolute Gasteiger partial charge is 0.456 e. The fourth-order valence-corrected chi connectivity index (χ4v) is 3.55. The van der Waals surface area contributed by atoms with Crippen molar-refractivity contribution in [3.05, 3.63) is 59.0 Å². The van der Waals surface area contributed by atoms with E-state index in [4.69, 9.17) is 4.42 Å². The Labute approximate surface area is 164 Å². The maximum atomic E-state index is 12.3. The van der Waals surface area contributed by atoms with Gasteiger partial charge in [-0.15, -0.1) is 0 Å². The Bertz CT molecular complexity index is 1160. The lowest BCUT2D eigenvalue weighted by Gasteiger charge is -2.11. The van der Waals surface area contributed by atoms with E-state index in [1.807, 2.05) is 12.1 Å². The van der Waals surface area contributed by atoms with E-state index < -0.39 is 11.1 Å². The summed E-state index contributed by atoms with van der Waals surface area (Å²) in [5, 5.41) is 2.56. The summed E-state index contributed by atoms with van der Waals surface area (Å²) in [6.45, 7) is 0. The number of hydrogen-bond acceptors (Lipinski definition) is 6. The van der Waals surface area contributed by atoms with Crippen molar-refractivity contribution in [2.45, 2.75) is 0 Å². The highest BCUT2D eigenvalue weighted by Crippen LogP contribution is 2.33. The standard InChI is InChI=1S/C20H15N3O4S/c1-23(2)19(25)12-5-3-4-11(6-12)15-10-21-9-13-7-14(27-17(13)15)8-16-18(24)22-20(26)28-16/h3-10H,1-2H3,(H,22,24,26)/b16-8-. The number of imide groups is 1. The lowest BCUT2D eigenvalue weighted by Crippen LogP contribution is -2.21. The Morgan fingerprint density at radius 1 is 1.21 bits per heavy atom. The van der Waals surface area contributed by atoms with Crippen molar-refractivity contribution in [3.63, 3.8) is 0 Å². The van der Waals surface area contributed by atoms with E-state index in [2.05, 4.69) is 10.3 Å². The first-order valence-electron chi connectivity index (χ1n) is 8.37. The minimum absolute atomic E-state index is 0.0965. The number of hydrogen-bond donors (Lipinski definition) is 1. The molecular formula is C20H15N3O4S. The van der Waals surface area contributed by atoms with E-state index >= 15 is 0 Å². The summed E-state index contributed by atoms with van der Waals surface area (Å²) >= 11 is 0.831. The van der Waals surface area contributed by atoms with E-state index in [-0.39, 0.29) is 10.8 Å². The van der Waals surface area contributed by atoms with Gasteiger partial charge in [-0.25, -0.2) is 0 Å². The highest BCUT2D eigenvalue weighted by Gasteiger charge is 2.25. The minimum atomic E-state index is -0.441.